The highest BCUT2D eigenvalue weighted by atomic mass is 35.5. The minimum atomic E-state index is -0.187. The average Bonchev–Trinajstić information content (AvgIpc) is 3.57. The number of ether oxygens (including phenoxy) is 2. The van der Waals surface area contributed by atoms with E-state index in [9.17, 15) is 9.59 Å². The van der Waals surface area contributed by atoms with Crippen LogP contribution in [0.4, 0.5) is 0 Å². The number of hydrogen-bond acceptors (Lipinski definition) is 5. The highest BCUT2D eigenvalue weighted by molar-refractivity contribution is 5.95. The van der Waals surface area contributed by atoms with Gasteiger partial charge in [0.2, 0.25) is 0 Å². The number of benzene rings is 1. The Morgan fingerprint density at radius 3 is 2.55 bits per heavy atom. The van der Waals surface area contributed by atoms with Gasteiger partial charge in [0.15, 0.2) is 18.1 Å². The number of amides is 2. The van der Waals surface area contributed by atoms with Gasteiger partial charge in [-0.15, -0.1) is 12.4 Å². The number of carbonyl (C=O) groups excluding carboxylic acids is 2. The molecule has 0 radical (unpaired) electrons. The third-order valence-electron chi connectivity index (χ3n) is 5.29. The van der Waals surface area contributed by atoms with E-state index in [1.54, 1.807) is 18.2 Å². The Balaban J connectivity index is 0.00000300. The Labute approximate surface area is 178 Å². The van der Waals surface area contributed by atoms with Crippen molar-refractivity contribution in [1.82, 2.24) is 10.2 Å². The van der Waals surface area contributed by atoms with Crippen molar-refractivity contribution >= 4 is 24.2 Å². The van der Waals surface area contributed by atoms with E-state index in [0.717, 1.165) is 38.8 Å². The van der Waals surface area contributed by atoms with Crippen LogP contribution in [0, 0.1) is 5.92 Å². The van der Waals surface area contributed by atoms with Gasteiger partial charge in [0, 0.05) is 31.2 Å². The van der Waals surface area contributed by atoms with Gasteiger partial charge in [-0.25, -0.2) is 0 Å². The van der Waals surface area contributed by atoms with Crippen LogP contribution in [0.5, 0.6) is 11.5 Å². The Morgan fingerprint density at radius 2 is 1.90 bits per heavy atom. The molecule has 1 aromatic carbocycles. The van der Waals surface area contributed by atoms with Crippen molar-refractivity contribution < 1.29 is 19.1 Å². The van der Waals surface area contributed by atoms with Crippen LogP contribution in [0.15, 0.2) is 18.2 Å². The molecule has 1 aliphatic heterocycles. The van der Waals surface area contributed by atoms with Crippen LogP contribution in [-0.2, 0) is 4.79 Å². The summed E-state index contributed by atoms with van der Waals surface area (Å²) in [4.78, 5) is 26.6. The summed E-state index contributed by atoms with van der Waals surface area (Å²) in [6, 6.07) is 5.03. The summed E-state index contributed by atoms with van der Waals surface area (Å²) in [5.41, 5.74) is 6.53. The molecule has 7 nitrogen and oxygen atoms in total. The smallest absolute Gasteiger partial charge is 0.260 e. The van der Waals surface area contributed by atoms with E-state index in [1.807, 2.05) is 11.8 Å². The lowest BCUT2D eigenvalue weighted by molar-refractivity contribution is -0.134. The molecule has 3 N–H and O–H groups in total. The van der Waals surface area contributed by atoms with Crippen molar-refractivity contribution in [2.75, 3.05) is 32.8 Å². The molecule has 0 aromatic heterocycles. The van der Waals surface area contributed by atoms with E-state index >= 15 is 0 Å². The number of carbonyl (C=O) groups is 2. The van der Waals surface area contributed by atoms with Crippen molar-refractivity contribution in [2.45, 2.75) is 45.1 Å². The van der Waals surface area contributed by atoms with Crippen LogP contribution >= 0.6 is 12.4 Å². The lowest BCUT2D eigenvalue weighted by Crippen LogP contribution is -2.38. The maximum Gasteiger partial charge on any atom is 0.260 e. The number of hydrogen-bond donors (Lipinski definition) is 2. The molecule has 1 saturated carbocycles. The fraction of sp³-hybridized carbons (Fsp3) is 0.619. The SMILES string of the molecule is CCOc1cc(C(=O)NCC(N)C2CC2)ccc1OCC(=O)N1CCCCC1.Cl. The standard InChI is InChI=1S/C21H31N3O4.ClH/c1-2-27-19-12-16(21(26)23-13-17(22)15-6-7-15)8-9-18(19)28-14-20(25)24-10-4-3-5-11-24;/h8-9,12,15,17H,2-7,10-11,13-14,22H2,1H3,(H,23,26);1H. The summed E-state index contributed by atoms with van der Waals surface area (Å²) in [5, 5.41) is 2.88. The third kappa shape index (κ3) is 6.78. The van der Waals surface area contributed by atoms with Crippen LogP contribution in [0.3, 0.4) is 0 Å². The molecule has 3 rings (SSSR count). The quantitative estimate of drug-likeness (QED) is 0.633. The molecule has 1 saturated heterocycles. The molecule has 1 unspecified atom stereocenters. The van der Waals surface area contributed by atoms with Crippen molar-refractivity contribution in [3.63, 3.8) is 0 Å². The topological polar surface area (TPSA) is 93.9 Å². The zero-order chi connectivity index (χ0) is 19.9. The fourth-order valence-corrected chi connectivity index (χ4v) is 3.41. The molecule has 0 spiro atoms. The van der Waals surface area contributed by atoms with Gasteiger partial charge in [0.05, 0.1) is 6.61 Å². The first kappa shape index (κ1) is 23.3. The van der Waals surface area contributed by atoms with Gasteiger partial charge in [-0.1, -0.05) is 0 Å². The number of halogens is 1. The molecular formula is C21H32ClN3O4. The summed E-state index contributed by atoms with van der Waals surface area (Å²) in [6.07, 6.45) is 5.56. The third-order valence-corrected chi connectivity index (χ3v) is 5.29. The van der Waals surface area contributed by atoms with E-state index in [4.69, 9.17) is 15.2 Å². The zero-order valence-corrected chi connectivity index (χ0v) is 17.8. The highest BCUT2D eigenvalue weighted by Crippen LogP contribution is 2.31. The molecular weight excluding hydrogens is 394 g/mol. The molecule has 162 valence electrons. The summed E-state index contributed by atoms with van der Waals surface area (Å²) < 4.78 is 11.3. The summed E-state index contributed by atoms with van der Waals surface area (Å²) in [6.45, 7) is 4.33. The average molecular weight is 426 g/mol. The Morgan fingerprint density at radius 1 is 1.17 bits per heavy atom. The second kappa shape index (κ2) is 11.3. The largest absolute Gasteiger partial charge is 0.490 e. The first-order chi connectivity index (χ1) is 13.6. The molecule has 1 aliphatic carbocycles. The molecule has 2 amide bonds. The second-order valence-corrected chi connectivity index (χ2v) is 7.54. The van der Waals surface area contributed by atoms with Gasteiger partial charge >= 0.3 is 0 Å². The maximum atomic E-state index is 12.4. The lowest BCUT2D eigenvalue weighted by atomic mass is 10.1. The maximum absolute atomic E-state index is 12.4. The molecule has 29 heavy (non-hydrogen) atoms. The minimum Gasteiger partial charge on any atom is -0.490 e. The van der Waals surface area contributed by atoms with E-state index in [1.165, 1.54) is 6.42 Å². The monoisotopic (exact) mass is 425 g/mol. The second-order valence-electron chi connectivity index (χ2n) is 7.54. The van der Waals surface area contributed by atoms with Gasteiger partial charge in [0.1, 0.15) is 0 Å². The number of nitrogens with zero attached hydrogens (tertiary/aromatic N) is 1. The van der Waals surface area contributed by atoms with Crippen LogP contribution in [0.1, 0.15) is 49.4 Å². The molecule has 1 heterocycles. The van der Waals surface area contributed by atoms with Gasteiger partial charge in [-0.05, 0) is 63.1 Å². The van der Waals surface area contributed by atoms with E-state index in [-0.39, 0.29) is 36.9 Å². The van der Waals surface area contributed by atoms with Gasteiger partial charge in [0.25, 0.3) is 11.8 Å². The number of likely N-dealkylation sites (tertiary alicyclic amines) is 1. The molecule has 1 atom stereocenters. The van der Waals surface area contributed by atoms with Gasteiger partial charge in [-0.3, -0.25) is 9.59 Å². The zero-order valence-electron chi connectivity index (χ0n) is 17.0. The van der Waals surface area contributed by atoms with Crippen molar-refractivity contribution in [3.05, 3.63) is 23.8 Å². The van der Waals surface area contributed by atoms with Crippen molar-refractivity contribution in [2.24, 2.45) is 11.7 Å². The number of nitrogens with two attached hydrogens (primary N) is 1. The summed E-state index contributed by atoms with van der Waals surface area (Å²) >= 11 is 0. The molecule has 1 aromatic rings. The number of rotatable bonds is 9. The molecule has 2 aliphatic rings. The van der Waals surface area contributed by atoms with Crippen LogP contribution in [0.2, 0.25) is 0 Å². The molecule has 2 fully saturated rings. The normalized spacial score (nSPS) is 17.1. The predicted molar refractivity (Wildman–Crippen MR) is 114 cm³/mol. The Bertz CT molecular complexity index is 691. The van der Waals surface area contributed by atoms with Crippen molar-refractivity contribution in [1.29, 1.82) is 0 Å². The summed E-state index contributed by atoms with van der Waals surface area (Å²) in [7, 11) is 0. The molecule has 8 heteroatoms. The first-order valence-electron chi connectivity index (χ1n) is 10.3. The van der Waals surface area contributed by atoms with Crippen LogP contribution in [0.25, 0.3) is 0 Å². The predicted octanol–water partition coefficient (Wildman–Crippen LogP) is 2.37. The number of nitrogens with one attached hydrogen (secondary N) is 1. The fourth-order valence-electron chi connectivity index (χ4n) is 3.41. The van der Waals surface area contributed by atoms with E-state index < -0.39 is 0 Å². The highest BCUT2D eigenvalue weighted by Gasteiger charge is 2.28. The first-order valence-corrected chi connectivity index (χ1v) is 10.3. The van der Waals surface area contributed by atoms with E-state index in [2.05, 4.69) is 5.32 Å². The van der Waals surface area contributed by atoms with Crippen molar-refractivity contribution in [3.8, 4) is 11.5 Å². The lowest BCUT2D eigenvalue weighted by Gasteiger charge is -2.26. The Kier molecular flexibility index (Phi) is 9.04. The van der Waals surface area contributed by atoms with Crippen LogP contribution in [-0.4, -0.2) is 55.6 Å². The van der Waals surface area contributed by atoms with Gasteiger partial charge < -0.3 is 25.4 Å². The van der Waals surface area contributed by atoms with E-state index in [0.29, 0.717) is 36.1 Å². The van der Waals surface area contributed by atoms with Crippen LogP contribution < -0.4 is 20.5 Å². The number of piperidine rings is 1. The Hall–Kier alpha value is -1.99. The minimum absolute atomic E-state index is 0. The summed E-state index contributed by atoms with van der Waals surface area (Å²) in [5.74, 6) is 1.27. The van der Waals surface area contributed by atoms with Gasteiger partial charge in [-0.2, -0.15) is 0 Å². The molecule has 0 bridgehead atoms.